The lowest BCUT2D eigenvalue weighted by molar-refractivity contribution is 0.197. The molecule has 20 heavy (non-hydrogen) atoms. The quantitative estimate of drug-likeness (QED) is 0.905. The summed E-state index contributed by atoms with van der Waals surface area (Å²) in [5.41, 5.74) is 2.24. The molecule has 0 saturated carbocycles. The molecule has 1 unspecified atom stereocenters. The third kappa shape index (κ3) is 3.11. The zero-order valence-corrected chi connectivity index (χ0v) is 13.2. The Morgan fingerprint density at radius 1 is 1.45 bits per heavy atom. The lowest BCUT2D eigenvalue weighted by Gasteiger charge is -2.32. The molecule has 1 saturated heterocycles. The first-order chi connectivity index (χ1) is 9.72. The number of nitrogens with zero attached hydrogens (tertiary/aromatic N) is 2. The average Bonchev–Trinajstić information content (AvgIpc) is 2.90. The first-order valence-electron chi connectivity index (χ1n) is 6.93. The smallest absolute Gasteiger partial charge is 0.108 e. The van der Waals surface area contributed by atoms with Gasteiger partial charge in [0.05, 0.1) is 11.9 Å². The van der Waals surface area contributed by atoms with E-state index in [-0.39, 0.29) is 0 Å². The molecule has 1 aromatic heterocycles. The molecular weight excluding hydrogens is 316 g/mol. The van der Waals surface area contributed by atoms with Gasteiger partial charge in [-0.1, -0.05) is 28.1 Å². The summed E-state index contributed by atoms with van der Waals surface area (Å²) in [5, 5.41) is 3.44. The van der Waals surface area contributed by atoms with Crippen LogP contribution >= 0.6 is 15.9 Å². The van der Waals surface area contributed by atoms with E-state index in [9.17, 15) is 0 Å². The van der Waals surface area contributed by atoms with E-state index in [1.165, 1.54) is 0 Å². The van der Waals surface area contributed by atoms with E-state index >= 15 is 0 Å². The SMILES string of the molecule is CN1CCNCC1Cc1ncc(-c2cccc(Br)c2)[nH]1. The first kappa shape index (κ1) is 13.8. The van der Waals surface area contributed by atoms with Gasteiger partial charge in [0.2, 0.25) is 0 Å². The van der Waals surface area contributed by atoms with E-state index in [1.54, 1.807) is 0 Å². The topological polar surface area (TPSA) is 44.0 Å². The Balaban J connectivity index is 1.73. The van der Waals surface area contributed by atoms with Gasteiger partial charge < -0.3 is 15.2 Å². The molecule has 0 radical (unpaired) electrons. The first-order valence-corrected chi connectivity index (χ1v) is 7.72. The monoisotopic (exact) mass is 334 g/mol. The molecule has 5 heteroatoms. The number of hydrogen-bond donors (Lipinski definition) is 2. The van der Waals surface area contributed by atoms with Crippen molar-refractivity contribution in [1.82, 2.24) is 20.2 Å². The highest BCUT2D eigenvalue weighted by Gasteiger charge is 2.20. The Morgan fingerprint density at radius 3 is 3.15 bits per heavy atom. The highest BCUT2D eigenvalue weighted by Crippen LogP contribution is 2.21. The predicted octanol–water partition coefficient (Wildman–Crippen LogP) is 2.29. The minimum absolute atomic E-state index is 0.519. The van der Waals surface area contributed by atoms with Crippen LogP contribution in [0.5, 0.6) is 0 Å². The molecule has 1 aromatic carbocycles. The van der Waals surface area contributed by atoms with Gasteiger partial charge in [0.15, 0.2) is 0 Å². The summed E-state index contributed by atoms with van der Waals surface area (Å²) >= 11 is 3.50. The number of nitrogens with one attached hydrogen (secondary N) is 2. The second-order valence-electron chi connectivity index (χ2n) is 5.30. The van der Waals surface area contributed by atoms with Crippen LogP contribution in [0, 0.1) is 0 Å². The molecule has 1 aliphatic rings. The molecule has 0 aliphatic carbocycles. The summed E-state index contributed by atoms with van der Waals surface area (Å²) in [6, 6.07) is 8.79. The van der Waals surface area contributed by atoms with Crippen LogP contribution in [0.1, 0.15) is 5.82 Å². The molecular formula is C15H19BrN4. The Morgan fingerprint density at radius 2 is 2.35 bits per heavy atom. The number of H-pyrrole nitrogens is 1. The summed E-state index contributed by atoms with van der Waals surface area (Å²) in [4.78, 5) is 10.4. The molecule has 1 aliphatic heterocycles. The Kier molecular flexibility index (Phi) is 4.19. The summed E-state index contributed by atoms with van der Waals surface area (Å²) in [5.74, 6) is 1.06. The van der Waals surface area contributed by atoms with Gasteiger partial charge in [0.25, 0.3) is 0 Å². The van der Waals surface area contributed by atoms with Crippen molar-refractivity contribution in [3.8, 4) is 11.3 Å². The maximum atomic E-state index is 4.53. The standard InChI is InChI=1S/C15H19BrN4/c1-20-6-5-17-9-13(20)8-15-18-10-14(19-15)11-3-2-4-12(16)7-11/h2-4,7,10,13,17H,5-6,8-9H2,1H3,(H,18,19). The molecule has 0 bridgehead atoms. The normalized spacial score (nSPS) is 20.2. The van der Waals surface area contributed by atoms with Gasteiger partial charge in [0, 0.05) is 42.1 Å². The maximum Gasteiger partial charge on any atom is 0.108 e. The number of rotatable bonds is 3. The van der Waals surface area contributed by atoms with Gasteiger partial charge in [-0.2, -0.15) is 0 Å². The van der Waals surface area contributed by atoms with Gasteiger partial charge in [0.1, 0.15) is 5.82 Å². The average molecular weight is 335 g/mol. The molecule has 0 spiro atoms. The van der Waals surface area contributed by atoms with Crippen LogP contribution < -0.4 is 5.32 Å². The molecule has 4 nitrogen and oxygen atoms in total. The van der Waals surface area contributed by atoms with Gasteiger partial charge in [-0.3, -0.25) is 0 Å². The van der Waals surface area contributed by atoms with Crippen molar-refractivity contribution in [2.24, 2.45) is 0 Å². The van der Waals surface area contributed by atoms with Crippen LogP contribution in [0.3, 0.4) is 0 Å². The molecule has 106 valence electrons. The summed E-state index contributed by atoms with van der Waals surface area (Å²) in [6.45, 7) is 3.21. The zero-order valence-electron chi connectivity index (χ0n) is 11.6. The Bertz CT molecular complexity index is 581. The van der Waals surface area contributed by atoms with E-state index in [4.69, 9.17) is 0 Å². The van der Waals surface area contributed by atoms with Crippen molar-refractivity contribution in [1.29, 1.82) is 0 Å². The fourth-order valence-electron chi connectivity index (χ4n) is 2.58. The molecule has 1 atom stereocenters. The van der Waals surface area contributed by atoms with Crippen molar-refractivity contribution in [3.05, 3.63) is 40.8 Å². The van der Waals surface area contributed by atoms with Crippen molar-refractivity contribution >= 4 is 15.9 Å². The van der Waals surface area contributed by atoms with E-state index in [1.807, 2.05) is 18.3 Å². The Labute approximate surface area is 127 Å². The molecule has 2 heterocycles. The summed E-state index contributed by atoms with van der Waals surface area (Å²) in [6.07, 6.45) is 2.88. The fraction of sp³-hybridized carbons (Fsp3) is 0.400. The number of aromatic amines is 1. The van der Waals surface area contributed by atoms with Crippen LogP contribution in [-0.4, -0.2) is 47.6 Å². The summed E-state index contributed by atoms with van der Waals surface area (Å²) in [7, 11) is 2.18. The van der Waals surface area contributed by atoms with Crippen molar-refractivity contribution in [2.75, 3.05) is 26.7 Å². The lowest BCUT2D eigenvalue weighted by atomic mass is 10.1. The minimum atomic E-state index is 0.519. The predicted molar refractivity (Wildman–Crippen MR) is 84.7 cm³/mol. The zero-order chi connectivity index (χ0) is 13.9. The molecule has 2 N–H and O–H groups in total. The van der Waals surface area contributed by atoms with Crippen molar-refractivity contribution in [3.63, 3.8) is 0 Å². The highest BCUT2D eigenvalue weighted by atomic mass is 79.9. The number of halogens is 1. The van der Waals surface area contributed by atoms with Crippen molar-refractivity contribution < 1.29 is 0 Å². The Hall–Kier alpha value is -1.17. The van der Waals surface area contributed by atoms with Crippen LogP contribution in [0.15, 0.2) is 34.9 Å². The maximum absolute atomic E-state index is 4.53. The third-order valence-electron chi connectivity index (χ3n) is 3.84. The number of aromatic nitrogens is 2. The van der Waals surface area contributed by atoms with Crippen LogP contribution in [0.4, 0.5) is 0 Å². The van der Waals surface area contributed by atoms with Gasteiger partial charge >= 0.3 is 0 Å². The number of hydrogen-bond acceptors (Lipinski definition) is 3. The van der Waals surface area contributed by atoms with Gasteiger partial charge in [-0.05, 0) is 19.2 Å². The van der Waals surface area contributed by atoms with Gasteiger partial charge in [-0.15, -0.1) is 0 Å². The second kappa shape index (κ2) is 6.08. The number of benzene rings is 1. The van der Waals surface area contributed by atoms with E-state index in [0.717, 1.165) is 47.6 Å². The molecule has 3 rings (SSSR count). The highest BCUT2D eigenvalue weighted by molar-refractivity contribution is 9.10. The lowest BCUT2D eigenvalue weighted by Crippen LogP contribution is -2.50. The number of piperazine rings is 1. The molecule has 1 fully saturated rings. The minimum Gasteiger partial charge on any atom is -0.342 e. The van der Waals surface area contributed by atoms with Crippen LogP contribution in [-0.2, 0) is 6.42 Å². The number of imidazole rings is 1. The number of likely N-dealkylation sites (N-methyl/N-ethyl adjacent to an activating group) is 1. The van der Waals surface area contributed by atoms with Crippen molar-refractivity contribution in [2.45, 2.75) is 12.5 Å². The van der Waals surface area contributed by atoms with Crippen LogP contribution in [0.2, 0.25) is 0 Å². The largest absolute Gasteiger partial charge is 0.342 e. The molecule has 0 amide bonds. The van der Waals surface area contributed by atoms with Gasteiger partial charge in [-0.25, -0.2) is 4.98 Å². The van der Waals surface area contributed by atoms with E-state index in [2.05, 4.69) is 55.3 Å². The van der Waals surface area contributed by atoms with E-state index < -0.39 is 0 Å². The molecule has 2 aromatic rings. The second-order valence-corrected chi connectivity index (χ2v) is 6.21. The van der Waals surface area contributed by atoms with Crippen LogP contribution in [0.25, 0.3) is 11.3 Å². The third-order valence-corrected chi connectivity index (χ3v) is 4.33. The fourth-order valence-corrected chi connectivity index (χ4v) is 2.98. The van der Waals surface area contributed by atoms with E-state index in [0.29, 0.717) is 6.04 Å². The summed E-state index contributed by atoms with van der Waals surface area (Å²) < 4.78 is 1.09.